The van der Waals surface area contributed by atoms with Gasteiger partial charge in [-0.15, -0.1) is 12.4 Å². The normalized spacial score (nSPS) is 16.3. The van der Waals surface area contributed by atoms with Crippen LogP contribution in [0.15, 0.2) is 22.0 Å². The number of methoxy groups -OCH3 is 1. The molecule has 27 heavy (non-hydrogen) atoms. The molecule has 5 nitrogen and oxygen atoms in total. The maximum absolute atomic E-state index is 12.2. The van der Waals surface area contributed by atoms with Crippen molar-refractivity contribution in [2.45, 2.75) is 52.4 Å². The van der Waals surface area contributed by atoms with Crippen molar-refractivity contribution >= 4 is 41.3 Å². The zero-order valence-electron chi connectivity index (χ0n) is 17.0. The van der Waals surface area contributed by atoms with Gasteiger partial charge in [-0.1, -0.05) is 41.5 Å². The Hall–Kier alpha value is -1.50. The smallest absolute Gasteiger partial charge is 0.286 e. The first-order chi connectivity index (χ1) is 11.9. The van der Waals surface area contributed by atoms with E-state index in [4.69, 9.17) is 4.74 Å². The first-order valence-corrected chi connectivity index (χ1v) is 9.38. The van der Waals surface area contributed by atoms with E-state index in [2.05, 4.69) is 51.9 Å². The third-order valence-corrected chi connectivity index (χ3v) is 4.98. The molecule has 150 valence electrons. The van der Waals surface area contributed by atoms with Crippen molar-refractivity contribution in [3.63, 3.8) is 0 Å². The number of nitrogens with one attached hydrogen (secondary N) is 1. The number of phenolic OH excluding ortho intramolecular Hbond substituents is 1. The lowest BCUT2D eigenvalue weighted by atomic mass is 9.78. The molecule has 0 unspecified atom stereocenters. The monoisotopic (exact) mass is 412 g/mol. The van der Waals surface area contributed by atoms with Crippen molar-refractivity contribution in [2.24, 2.45) is 4.99 Å². The molecule has 1 aromatic carbocycles. The quantitative estimate of drug-likeness (QED) is 0.562. The molecule has 0 radical (unpaired) electrons. The van der Waals surface area contributed by atoms with Gasteiger partial charge >= 0.3 is 0 Å². The van der Waals surface area contributed by atoms with Gasteiger partial charge in [-0.25, -0.2) is 0 Å². The van der Waals surface area contributed by atoms with Gasteiger partial charge in [-0.2, -0.15) is 4.99 Å². The largest absolute Gasteiger partial charge is 0.507 e. The average molecular weight is 413 g/mol. The average Bonchev–Trinajstić information content (AvgIpc) is 2.84. The minimum absolute atomic E-state index is 0. The number of phenols is 1. The van der Waals surface area contributed by atoms with Crippen LogP contribution in [0.4, 0.5) is 0 Å². The molecule has 0 bridgehead atoms. The Kier molecular flexibility index (Phi) is 7.56. The van der Waals surface area contributed by atoms with E-state index in [-0.39, 0.29) is 29.1 Å². The molecule has 0 saturated carbocycles. The molecule has 0 atom stereocenters. The molecule has 1 heterocycles. The molecule has 0 saturated heterocycles. The highest BCUT2D eigenvalue weighted by molar-refractivity contribution is 8.18. The van der Waals surface area contributed by atoms with Gasteiger partial charge in [0, 0.05) is 18.2 Å². The number of amidine groups is 1. The standard InChI is InChI=1S/C20H28N2O3S.ClH/c1-19(2,3)13-8-12(9-14(16(13)23)20(4,5)6)10-15-17(24)22-18(26-15)21-11-25-7;/h8-10,23H,11H2,1-7H3,(H,21,22,24);1H/b15-10+;. The number of carbonyl (C=O) groups is 1. The Balaban J connectivity index is 0.00000364. The van der Waals surface area contributed by atoms with Crippen molar-refractivity contribution < 1.29 is 14.6 Å². The van der Waals surface area contributed by atoms with E-state index in [0.29, 0.717) is 22.6 Å². The van der Waals surface area contributed by atoms with Crippen LogP contribution in [0.1, 0.15) is 58.2 Å². The van der Waals surface area contributed by atoms with Gasteiger partial charge in [0.25, 0.3) is 5.91 Å². The molecule has 1 aliphatic heterocycles. The van der Waals surface area contributed by atoms with Crippen LogP contribution in [-0.2, 0) is 20.4 Å². The maximum atomic E-state index is 12.2. The minimum atomic E-state index is -0.267. The lowest BCUT2D eigenvalue weighted by Gasteiger charge is -2.28. The molecule has 1 aliphatic rings. The summed E-state index contributed by atoms with van der Waals surface area (Å²) in [6.45, 7) is 12.7. The molecule has 7 heteroatoms. The van der Waals surface area contributed by atoms with E-state index in [1.54, 1.807) is 7.11 Å². The van der Waals surface area contributed by atoms with Crippen LogP contribution >= 0.6 is 24.2 Å². The summed E-state index contributed by atoms with van der Waals surface area (Å²) < 4.78 is 4.95. The molecule has 1 amide bonds. The summed E-state index contributed by atoms with van der Waals surface area (Å²) in [4.78, 5) is 16.7. The number of aliphatic imine (C=N–C) groups is 1. The molecule has 0 fully saturated rings. The Morgan fingerprint density at radius 2 is 1.67 bits per heavy atom. The van der Waals surface area contributed by atoms with Crippen LogP contribution in [0.25, 0.3) is 6.08 Å². The van der Waals surface area contributed by atoms with Crippen LogP contribution < -0.4 is 5.32 Å². The number of amides is 1. The molecule has 2 rings (SSSR count). The van der Waals surface area contributed by atoms with Crippen LogP contribution in [0, 0.1) is 0 Å². The number of nitrogens with zero attached hydrogens (tertiary/aromatic N) is 1. The number of halogens is 1. The molecule has 0 aromatic heterocycles. The first kappa shape index (κ1) is 23.5. The van der Waals surface area contributed by atoms with Gasteiger partial charge in [-0.3, -0.25) is 4.79 Å². The van der Waals surface area contributed by atoms with Gasteiger partial charge in [0.2, 0.25) is 0 Å². The zero-order chi connectivity index (χ0) is 19.7. The number of hydrogen-bond acceptors (Lipinski definition) is 5. The van der Waals surface area contributed by atoms with Gasteiger partial charge in [0.05, 0.1) is 4.91 Å². The van der Waals surface area contributed by atoms with Crippen LogP contribution in [-0.4, -0.2) is 30.0 Å². The summed E-state index contributed by atoms with van der Waals surface area (Å²) in [5, 5.41) is 14.3. The van der Waals surface area contributed by atoms with Crippen molar-refractivity contribution in [3.05, 3.63) is 33.7 Å². The van der Waals surface area contributed by atoms with Crippen LogP contribution in [0.5, 0.6) is 5.75 Å². The van der Waals surface area contributed by atoms with E-state index >= 15 is 0 Å². The van der Waals surface area contributed by atoms with E-state index < -0.39 is 0 Å². The van der Waals surface area contributed by atoms with Crippen molar-refractivity contribution in [3.8, 4) is 5.75 Å². The summed E-state index contributed by atoms with van der Waals surface area (Å²) in [5.74, 6) is 0.0625. The Morgan fingerprint density at radius 3 is 2.11 bits per heavy atom. The maximum Gasteiger partial charge on any atom is 0.286 e. The predicted octanol–water partition coefficient (Wildman–Crippen LogP) is 4.57. The Morgan fingerprint density at radius 1 is 1.15 bits per heavy atom. The zero-order valence-corrected chi connectivity index (χ0v) is 18.6. The van der Waals surface area contributed by atoms with Crippen molar-refractivity contribution in [2.75, 3.05) is 13.8 Å². The second-order valence-electron chi connectivity index (χ2n) is 8.41. The number of thioether (sulfide) groups is 1. The second kappa shape index (κ2) is 8.67. The molecule has 2 N–H and O–H groups in total. The fourth-order valence-corrected chi connectivity index (χ4v) is 3.45. The fraction of sp³-hybridized carbons (Fsp3) is 0.500. The van der Waals surface area contributed by atoms with Gasteiger partial charge in [0.1, 0.15) is 12.5 Å². The van der Waals surface area contributed by atoms with Crippen LogP contribution in [0.2, 0.25) is 0 Å². The lowest BCUT2D eigenvalue weighted by molar-refractivity contribution is -0.113. The van der Waals surface area contributed by atoms with E-state index in [9.17, 15) is 9.90 Å². The summed E-state index contributed by atoms with van der Waals surface area (Å²) in [6, 6.07) is 3.90. The molecule has 0 aliphatic carbocycles. The summed E-state index contributed by atoms with van der Waals surface area (Å²) in [7, 11) is 1.57. The third kappa shape index (κ3) is 5.74. The third-order valence-electron chi connectivity index (χ3n) is 4.03. The second-order valence-corrected chi connectivity index (χ2v) is 9.44. The molecule has 1 aromatic rings. The number of carbonyl (C=O) groups excluding carboxylic acids is 1. The van der Waals surface area contributed by atoms with Crippen LogP contribution in [0.3, 0.4) is 0 Å². The summed E-state index contributed by atoms with van der Waals surface area (Å²) >= 11 is 1.29. The number of ether oxygens (including phenoxy) is 1. The number of benzene rings is 1. The Labute approximate surface area is 172 Å². The predicted molar refractivity (Wildman–Crippen MR) is 116 cm³/mol. The van der Waals surface area contributed by atoms with Gasteiger partial charge < -0.3 is 15.2 Å². The SMILES string of the molecule is COCNC1=NC(=O)/C(=C\c2cc(C(C)(C)C)c(O)c(C(C)(C)C)c2)S1.Cl. The van der Waals surface area contributed by atoms with Crippen molar-refractivity contribution in [1.82, 2.24) is 5.32 Å². The van der Waals surface area contributed by atoms with Gasteiger partial charge in [0.15, 0.2) is 5.17 Å². The number of hydrogen-bond donors (Lipinski definition) is 2. The highest BCUT2D eigenvalue weighted by Gasteiger charge is 2.27. The fourth-order valence-electron chi connectivity index (χ4n) is 2.65. The first-order valence-electron chi connectivity index (χ1n) is 8.57. The summed E-state index contributed by atoms with van der Waals surface area (Å²) in [5.41, 5.74) is 2.19. The van der Waals surface area contributed by atoms with E-state index in [1.807, 2.05) is 18.2 Å². The lowest BCUT2D eigenvalue weighted by Crippen LogP contribution is -2.21. The molecular formula is C20H29ClN2O3S. The highest BCUT2D eigenvalue weighted by Crippen LogP contribution is 2.40. The van der Waals surface area contributed by atoms with E-state index in [1.165, 1.54) is 11.8 Å². The summed E-state index contributed by atoms with van der Waals surface area (Å²) in [6.07, 6.45) is 1.84. The molecular weight excluding hydrogens is 384 g/mol. The highest BCUT2D eigenvalue weighted by atomic mass is 35.5. The van der Waals surface area contributed by atoms with Gasteiger partial charge in [-0.05, 0) is 46.4 Å². The topological polar surface area (TPSA) is 70.9 Å². The Bertz CT molecular complexity index is 739. The van der Waals surface area contributed by atoms with Crippen molar-refractivity contribution in [1.29, 1.82) is 0 Å². The number of aromatic hydroxyl groups is 1. The minimum Gasteiger partial charge on any atom is -0.507 e. The number of rotatable bonds is 3. The molecule has 0 spiro atoms. The van der Waals surface area contributed by atoms with E-state index in [0.717, 1.165) is 16.7 Å².